The summed E-state index contributed by atoms with van der Waals surface area (Å²) in [5.41, 5.74) is 2.29. The molecule has 10 heteroatoms. The van der Waals surface area contributed by atoms with E-state index < -0.39 is 29.4 Å². The monoisotopic (exact) mass is 537 g/mol. The number of carbonyl (C=O) groups excluding carboxylic acids is 2. The molecule has 0 bridgehead atoms. The molecule has 0 saturated heterocycles. The molecule has 4 rings (SSSR count). The molecule has 38 heavy (non-hydrogen) atoms. The van der Waals surface area contributed by atoms with Crippen molar-refractivity contribution in [2.75, 3.05) is 33.8 Å². The molecular weight excluding hydrogens is 506 g/mol. The Labute approximate surface area is 225 Å². The Morgan fingerprint density at radius 1 is 1.00 bits per heavy atom. The van der Waals surface area contributed by atoms with E-state index in [0.29, 0.717) is 27.9 Å². The maximum atomic E-state index is 13.4. The van der Waals surface area contributed by atoms with E-state index in [9.17, 15) is 9.59 Å². The van der Waals surface area contributed by atoms with Crippen molar-refractivity contribution >= 4 is 28.4 Å². The number of rotatable bonds is 8. The fraction of sp³-hybridized carbons (Fsp3) is 0.321. The Bertz CT molecular complexity index is 1360. The molecule has 2 aromatic carbocycles. The number of thiazole rings is 1. The molecule has 200 valence electrons. The summed E-state index contributed by atoms with van der Waals surface area (Å²) in [7, 11) is 5.84. The molecule has 2 N–H and O–H groups in total. The van der Waals surface area contributed by atoms with E-state index >= 15 is 0 Å². The van der Waals surface area contributed by atoms with Gasteiger partial charge in [0.15, 0.2) is 16.6 Å². The lowest BCUT2D eigenvalue weighted by atomic mass is 9.71. The normalized spacial score (nSPS) is 20.8. The van der Waals surface area contributed by atoms with Gasteiger partial charge in [-0.25, -0.2) is 9.78 Å². The highest BCUT2D eigenvalue weighted by Gasteiger charge is 2.52. The third-order valence-corrected chi connectivity index (χ3v) is 7.44. The van der Waals surface area contributed by atoms with Crippen LogP contribution in [0.1, 0.15) is 25.3 Å². The number of benzene rings is 2. The minimum Gasteiger partial charge on any atom is -0.493 e. The van der Waals surface area contributed by atoms with Gasteiger partial charge in [-0.05, 0) is 37.6 Å². The second-order valence-electron chi connectivity index (χ2n) is 8.98. The fourth-order valence-electron chi connectivity index (χ4n) is 4.97. The number of allylic oxidation sites excluding steroid dienone is 1. The van der Waals surface area contributed by atoms with Gasteiger partial charge in [0, 0.05) is 22.6 Å². The summed E-state index contributed by atoms with van der Waals surface area (Å²) in [6, 6.07) is 15.0. The van der Waals surface area contributed by atoms with Crippen molar-refractivity contribution in [3.05, 3.63) is 70.7 Å². The summed E-state index contributed by atoms with van der Waals surface area (Å²) in [6.07, 6.45) is 0. The number of esters is 2. The predicted octanol–water partition coefficient (Wildman–Crippen LogP) is 4.58. The number of nitrogens with one attached hydrogen (secondary N) is 2. The molecule has 1 aliphatic rings. The van der Waals surface area contributed by atoms with Gasteiger partial charge in [-0.1, -0.05) is 30.3 Å². The first kappa shape index (κ1) is 27.0. The van der Waals surface area contributed by atoms with Crippen LogP contribution in [0.15, 0.2) is 65.2 Å². The summed E-state index contributed by atoms with van der Waals surface area (Å²) in [4.78, 5) is 31.1. The lowest BCUT2D eigenvalue weighted by molar-refractivity contribution is -0.149. The van der Waals surface area contributed by atoms with E-state index in [0.717, 1.165) is 16.8 Å². The van der Waals surface area contributed by atoms with Crippen LogP contribution in [-0.2, 0) is 19.1 Å². The number of methoxy groups -OCH3 is 4. The fourth-order valence-corrected chi connectivity index (χ4v) is 5.80. The quantitative estimate of drug-likeness (QED) is 0.399. The van der Waals surface area contributed by atoms with Crippen LogP contribution in [0, 0.1) is 5.92 Å². The number of ether oxygens (including phenoxy) is 4. The van der Waals surface area contributed by atoms with E-state index in [2.05, 4.69) is 10.6 Å². The highest BCUT2D eigenvalue weighted by atomic mass is 32.1. The van der Waals surface area contributed by atoms with Crippen molar-refractivity contribution in [2.24, 2.45) is 5.92 Å². The van der Waals surface area contributed by atoms with Gasteiger partial charge in [0.1, 0.15) is 11.6 Å². The van der Waals surface area contributed by atoms with Crippen molar-refractivity contribution in [1.29, 1.82) is 0 Å². The Kier molecular flexibility index (Phi) is 7.91. The summed E-state index contributed by atoms with van der Waals surface area (Å²) in [5, 5.41) is 9.28. The molecule has 9 nitrogen and oxygen atoms in total. The topological polar surface area (TPSA) is 108 Å². The molecule has 1 aliphatic heterocycles. The second-order valence-corrected chi connectivity index (χ2v) is 9.84. The molecule has 0 amide bonds. The molecule has 0 fully saturated rings. The smallest absolute Gasteiger partial charge is 0.336 e. The third-order valence-electron chi connectivity index (χ3n) is 6.69. The van der Waals surface area contributed by atoms with Gasteiger partial charge in [-0.15, -0.1) is 11.3 Å². The van der Waals surface area contributed by atoms with Gasteiger partial charge in [0.2, 0.25) is 0 Å². The number of hydrogen-bond donors (Lipinski definition) is 2. The van der Waals surface area contributed by atoms with E-state index in [-0.39, 0.29) is 0 Å². The zero-order chi connectivity index (χ0) is 27.4. The average molecular weight is 538 g/mol. The first-order valence-electron chi connectivity index (χ1n) is 11.9. The van der Waals surface area contributed by atoms with Gasteiger partial charge >= 0.3 is 11.9 Å². The standard InChI is InChI=1S/C28H31N3O6S/c1-16-22(25(32)36-5)23(17-10-8-7-9-11-17)24(26(33)37-6)28(2,30-16)31-27-29-19(15-38-27)18-12-13-20(34-3)21(14-18)35-4/h7-15,23-24,30H,1-6H3,(H,29,31). The first-order valence-corrected chi connectivity index (χ1v) is 12.8. The Morgan fingerprint density at radius 2 is 1.71 bits per heavy atom. The molecule has 2 heterocycles. The first-order chi connectivity index (χ1) is 18.3. The molecule has 0 spiro atoms. The number of carbonyl (C=O) groups is 2. The molecule has 3 unspecified atom stereocenters. The molecule has 1 aromatic heterocycles. The SMILES string of the molecule is COC(=O)C1=C(C)NC(C)(Nc2nc(-c3ccc(OC)c(OC)c3)cs2)C(C(=O)OC)C1c1ccccc1. The van der Waals surface area contributed by atoms with Gasteiger partial charge in [-0.2, -0.15) is 0 Å². The van der Waals surface area contributed by atoms with Gasteiger partial charge in [0.25, 0.3) is 0 Å². The maximum Gasteiger partial charge on any atom is 0.336 e. The second kappa shape index (κ2) is 11.1. The van der Waals surface area contributed by atoms with Gasteiger partial charge in [0.05, 0.1) is 39.7 Å². The van der Waals surface area contributed by atoms with Crippen LogP contribution in [0.2, 0.25) is 0 Å². The van der Waals surface area contributed by atoms with Crippen molar-refractivity contribution < 1.29 is 28.5 Å². The van der Waals surface area contributed by atoms with Crippen molar-refractivity contribution in [1.82, 2.24) is 10.3 Å². The maximum absolute atomic E-state index is 13.4. The van der Waals surface area contributed by atoms with Crippen LogP contribution in [0.4, 0.5) is 5.13 Å². The molecule has 0 saturated carbocycles. The molecule has 3 atom stereocenters. The zero-order valence-electron chi connectivity index (χ0n) is 22.2. The van der Waals surface area contributed by atoms with Crippen molar-refractivity contribution in [3.8, 4) is 22.8 Å². The lowest BCUT2D eigenvalue weighted by Crippen LogP contribution is -2.62. The van der Waals surface area contributed by atoms with E-state index in [1.807, 2.05) is 60.8 Å². The number of aromatic nitrogens is 1. The third kappa shape index (κ3) is 5.04. The number of hydrogen-bond acceptors (Lipinski definition) is 10. The van der Waals surface area contributed by atoms with Gasteiger partial charge in [-0.3, -0.25) is 4.79 Å². The zero-order valence-corrected chi connectivity index (χ0v) is 23.0. The van der Waals surface area contributed by atoms with Crippen LogP contribution in [0.25, 0.3) is 11.3 Å². The van der Waals surface area contributed by atoms with Crippen LogP contribution in [0.3, 0.4) is 0 Å². The van der Waals surface area contributed by atoms with Crippen molar-refractivity contribution in [2.45, 2.75) is 25.4 Å². The number of anilines is 1. The summed E-state index contributed by atoms with van der Waals surface area (Å²) >= 11 is 1.40. The van der Waals surface area contributed by atoms with Crippen molar-refractivity contribution in [3.63, 3.8) is 0 Å². The molecule has 0 radical (unpaired) electrons. The number of nitrogens with zero attached hydrogens (tertiary/aromatic N) is 1. The van der Waals surface area contributed by atoms with Crippen LogP contribution >= 0.6 is 11.3 Å². The Hall–Kier alpha value is -4.05. The van der Waals surface area contributed by atoms with E-state index in [1.54, 1.807) is 21.1 Å². The summed E-state index contributed by atoms with van der Waals surface area (Å²) in [6.45, 7) is 3.66. The highest BCUT2D eigenvalue weighted by Crippen LogP contribution is 2.45. The largest absolute Gasteiger partial charge is 0.493 e. The summed E-state index contributed by atoms with van der Waals surface area (Å²) in [5.74, 6) is -1.22. The van der Waals surface area contributed by atoms with E-state index in [4.69, 9.17) is 23.9 Å². The lowest BCUT2D eigenvalue weighted by Gasteiger charge is -2.46. The van der Waals surface area contributed by atoms with Gasteiger partial charge < -0.3 is 29.6 Å². The highest BCUT2D eigenvalue weighted by molar-refractivity contribution is 7.14. The predicted molar refractivity (Wildman–Crippen MR) is 145 cm³/mol. The molecular formula is C28H31N3O6S. The Balaban J connectivity index is 1.76. The van der Waals surface area contributed by atoms with E-state index in [1.165, 1.54) is 25.6 Å². The Morgan fingerprint density at radius 3 is 2.34 bits per heavy atom. The average Bonchev–Trinajstić information content (AvgIpc) is 3.39. The minimum absolute atomic E-state index is 0.374. The minimum atomic E-state index is -1.05. The van der Waals surface area contributed by atoms with Crippen LogP contribution < -0.4 is 20.1 Å². The summed E-state index contributed by atoms with van der Waals surface area (Å²) < 4.78 is 21.1. The molecule has 0 aliphatic carbocycles. The molecule has 3 aromatic rings. The van der Waals surface area contributed by atoms with Crippen LogP contribution in [0.5, 0.6) is 11.5 Å². The van der Waals surface area contributed by atoms with Crippen LogP contribution in [-0.4, -0.2) is 51.0 Å².